The van der Waals surface area contributed by atoms with Crippen LogP contribution in [-0.2, 0) is 4.79 Å². The lowest BCUT2D eigenvalue weighted by Crippen LogP contribution is -2.54. The first-order valence-electron chi connectivity index (χ1n) is 9.66. The number of ketones is 1. The zero-order chi connectivity index (χ0) is 20.1. The second-order valence-corrected chi connectivity index (χ2v) is 7.85. The Hall–Kier alpha value is -1.83. The summed E-state index contributed by atoms with van der Waals surface area (Å²) in [7, 11) is 1.55. The number of nitrogens with one attached hydrogen (secondary N) is 2. The molecule has 0 saturated carbocycles. The van der Waals surface area contributed by atoms with Crippen LogP contribution in [0.1, 0.15) is 48.9 Å². The number of likely N-dealkylation sites (tertiary alicyclic amines) is 1. The Labute approximate surface area is 181 Å². The lowest BCUT2D eigenvalue weighted by atomic mass is 9.87. The van der Waals surface area contributed by atoms with Gasteiger partial charge in [0.05, 0.1) is 12.7 Å². The number of carbonyl (C=O) groups is 3. The number of urea groups is 1. The monoisotopic (exact) mass is 443 g/mol. The van der Waals surface area contributed by atoms with Crippen molar-refractivity contribution in [3.05, 3.63) is 28.8 Å². The van der Waals surface area contributed by atoms with E-state index < -0.39 is 5.54 Å². The van der Waals surface area contributed by atoms with Crippen LogP contribution in [0.25, 0.3) is 0 Å². The molecule has 1 spiro atoms. The largest absolute Gasteiger partial charge is 0.496 e. The van der Waals surface area contributed by atoms with E-state index in [-0.39, 0.29) is 30.1 Å². The number of amides is 3. The maximum atomic E-state index is 12.4. The molecule has 1 aromatic rings. The molecule has 1 aromatic carbocycles. The van der Waals surface area contributed by atoms with Crippen molar-refractivity contribution < 1.29 is 19.1 Å². The minimum Gasteiger partial charge on any atom is -0.496 e. The first-order valence-corrected chi connectivity index (χ1v) is 10.0. The standard InChI is InChI=1S/C20H26ClN3O4.ClH/c1-28-17-7-6-14(21)13-15(17)16(25)5-3-2-4-10-24-11-8-20(9-12-24)18(26)22-19(27)23-20;/h6-7,13H,2-5,8-12H2,1H3,(H2,22,23,26,27);1H. The molecule has 2 aliphatic heterocycles. The van der Waals surface area contributed by atoms with Crippen molar-refractivity contribution in [2.45, 2.75) is 44.1 Å². The number of benzene rings is 1. The zero-order valence-electron chi connectivity index (χ0n) is 16.5. The van der Waals surface area contributed by atoms with Gasteiger partial charge in [-0.3, -0.25) is 14.9 Å². The number of nitrogens with zero attached hydrogens (tertiary/aromatic N) is 1. The molecule has 3 amide bonds. The number of ether oxygens (including phenoxy) is 1. The molecule has 9 heteroatoms. The molecule has 3 rings (SSSR count). The fourth-order valence-electron chi connectivity index (χ4n) is 3.87. The van der Waals surface area contributed by atoms with Gasteiger partial charge in [0.1, 0.15) is 11.3 Å². The molecular weight excluding hydrogens is 417 g/mol. The highest BCUT2D eigenvalue weighted by Gasteiger charge is 2.47. The Kier molecular flexibility index (Phi) is 8.31. The Morgan fingerprint density at radius 2 is 1.93 bits per heavy atom. The SMILES string of the molecule is COc1ccc(Cl)cc1C(=O)CCCCCN1CCC2(CC1)NC(=O)NC2=O.Cl. The number of hydrogen-bond acceptors (Lipinski definition) is 5. The summed E-state index contributed by atoms with van der Waals surface area (Å²) in [5.74, 6) is 0.397. The molecule has 0 aromatic heterocycles. The highest BCUT2D eigenvalue weighted by Crippen LogP contribution is 2.26. The number of rotatable bonds is 8. The Morgan fingerprint density at radius 3 is 2.55 bits per heavy atom. The smallest absolute Gasteiger partial charge is 0.322 e. The zero-order valence-corrected chi connectivity index (χ0v) is 18.0. The van der Waals surface area contributed by atoms with Crippen molar-refractivity contribution in [2.24, 2.45) is 0 Å². The predicted octanol–water partition coefficient (Wildman–Crippen LogP) is 3.19. The normalized spacial score (nSPS) is 18.1. The number of piperidine rings is 1. The Balaban J connectivity index is 0.00000300. The number of carbonyl (C=O) groups excluding carboxylic acids is 3. The topological polar surface area (TPSA) is 87.7 Å². The molecule has 0 bridgehead atoms. The fourth-order valence-corrected chi connectivity index (χ4v) is 4.04. The van der Waals surface area contributed by atoms with Crippen molar-refractivity contribution in [1.82, 2.24) is 15.5 Å². The maximum Gasteiger partial charge on any atom is 0.322 e. The molecule has 2 heterocycles. The van der Waals surface area contributed by atoms with Crippen molar-refractivity contribution in [3.63, 3.8) is 0 Å². The summed E-state index contributed by atoms with van der Waals surface area (Å²) in [6.07, 6.45) is 4.49. The molecule has 0 unspecified atom stereocenters. The van der Waals surface area contributed by atoms with Crippen LogP contribution >= 0.6 is 24.0 Å². The number of hydrogen-bond donors (Lipinski definition) is 2. The van der Waals surface area contributed by atoms with Gasteiger partial charge in [0.15, 0.2) is 5.78 Å². The minimum atomic E-state index is -0.712. The van der Waals surface area contributed by atoms with Crippen molar-refractivity contribution in [2.75, 3.05) is 26.7 Å². The van der Waals surface area contributed by atoms with E-state index in [2.05, 4.69) is 15.5 Å². The molecule has 7 nitrogen and oxygen atoms in total. The summed E-state index contributed by atoms with van der Waals surface area (Å²) in [6, 6.07) is 4.69. The highest BCUT2D eigenvalue weighted by atomic mass is 35.5. The van der Waals surface area contributed by atoms with Gasteiger partial charge >= 0.3 is 6.03 Å². The molecule has 2 saturated heterocycles. The molecular formula is C20H27Cl2N3O4. The quantitative estimate of drug-likeness (QED) is 0.365. The van der Waals surface area contributed by atoms with E-state index in [4.69, 9.17) is 16.3 Å². The van der Waals surface area contributed by atoms with Crippen LogP contribution in [-0.4, -0.2) is 54.9 Å². The molecule has 2 fully saturated rings. The van der Waals surface area contributed by atoms with Gasteiger partial charge in [0.25, 0.3) is 5.91 Å². The van der Waals surface area contributed by atoms with E-state index in [0.29, 0.717) is 35.6 Å². The van der Waals surface area contributed by atoms with Crippen molar-refractivity contribution in [3.8, 4) is 5.75 Å². The first-order chi connectivity index (χ1) is 13.4. The minimum absolute atomic E-state index is 0. The van der Waals surface area contributed by atoms with Gasteiger partial charge in [0.2, 0.25) is 0 Å². The summed E-state index contributed by atoms with van der Waals surface area (Å²) >= 11 is 5.99. The number of halogens is 2. The van der Waals surface area contributed by atoms with Crippen LogP contribution in [0, 0.1) is 0 Å². The van der Waals surface area contributed by atoms with Gasteiger partial charge < -0.3 is 15.0 Å². The number of unbranched alkanes of at least 4 members (excludes halogenated alkanes) is 2. The van der Waals surface area contributed by atoms with E-state index in [1.807, 2.05) is 0 Å². The summed E-state index contributed by atoms with van der Waals surface area (Å²) in [5.41, 5.74) is -0.177. The maximum absolute atomic E-state index is 12.4. The van der Waals surface area contributed by atoms with Gasteiger partial charge in [-0.05, 0) is 50.4 Å². The molecule has 2 aliphatic rings. The second kappa shape index (κ2) is 10.3. The number of methoxy groups -OCH3 is 1. The van der Waals surface area contributed by atoms with Crippen LogP contribution < -0.4 is 15.4 Å². The van der Waals surface area contributed by atoms with Gasteiger partial charge in [0, 0.05) is 24.5 Å². The molecule has 0 radical (unpaired) electrons. The first kappa shape index (κ1) is 23.4. The van der Waals surface area contributed by atoms with Crippen molar-refractivity contribution >= 4 is 41.7 Å². The molecule has 2 N–H and O–H groups in total. The number of imide groups is 1. The summed E-state index contributed by atoms with van der Waals surface area (Å²) in [6.45, 7) is 2.50. The second-order valence-electron chi connectivity index (χ2n) is 7.41. The summed E-state index contributed by atoms with van der Waals surface area (Å²) in [4.78, 5) is 38.1. The third kappa shape index (κ3) is 5.62. The van der Waals surface area contributed by atoms with E-state index >= 15 is 0 Å². The summed E-state index contributed by atoms with van der Waals surface area (Å²) in [5, 5.41) is 5.63. The van der Waals surface area contributed by atoms with Crippen LogP contribution in [0.2, 0.25) is 5.02 Å². The molecule has 29 heavy (non-hydrogen) atoms. The van der Waals surface area contributed by atoms with Crippen LogP contribution in [0.3, 0.4) is 0 Å². The molecule has 0 aliphatic carbocycles. The van der Waals surface area contributed by atoms with Crippen LogP contribution in [0.4, 0.5) is 4.79 Å². The predicted molar refractivity (Wildman–Crippen MR) is 113 cm³/mol. The number of Topliss-reactive ketones (excluding diaryl/α,β-unsaturated/α-hetero) is 1. The molecule has 160 valence electrons. The molecule has 0 atom stereocenters. The van der Waals surface area contributed by atoms with Gasteiger partial charge in [-0.15, -0.1) is 12.4 Å². The average molecular weight is 444 g/mol. The van der Waals surface area contributed by atoms with Gasteiger partial charge in [-0.2, -0.15) is 0 Å². The Morgan fingerprint density at radius 1 is 1.21 bits per heavy atom. The fraction of sp³-hybridized carbons (Fsp3) is 0.550. The van der Waals surface area contributed by atoms with E-state index in [1.165, 1.54) is 0 Å². The van der Waals surface area contributed by atoms with Gasteiger partial charge in [-0.1, -0.05) is 18.0 Å². The van der Waals surface area contributed by atoms with E-state index in [9.17, 15) is 14.4 Å². The average Bonchev–Trinajstić information content (AvgIpc) is 2.95. The van der Waals surface area contributed by atoms with E-state index in [0.717, 1.165) is 38.9 Å². The summed E-state index contributed by atoms with van der Waals surface area (Å²) < 4.78 is 5.24. The van der Waals surface area contributed by atoms with Gasteiger partial charge in [-0.25, -0.2) is 4.79 Å². The van der Waals surface area contributed by atoms with Crippen LogP contribution in [0.5, 0.6) is 5.75 Å². The van der Waals surface area contributed by atoms with Crippen LogP contribution in [0.15, 0.2) is 18.2 Å². The Bertz CT molecular complexity index is 764. The highest BCUT2D eigenvalue weighted by molar-refractivity contribution is 6.31. The van der Waals surface area contributed by atoms with E-state index in [1.54, 1.807) is 25.3 Å². The third-order valence-corrected chi connectivity index (χ3v) is 5.80. The van der Waals surface area contributed by atoms with Crippen molar-refractivity contribution in [1.29, 1.82) is 0 Å². The lowest BCUT2D eigenvalue weighted by molar-refractivity contribution is -0.125. The third-order valence-electron chi connectivity index (χ3n) is 5.56. The lowest BCUT2D eigenvalue weighted by Gasteiger charge is -2.36.